The van der Waals surface area contributed by atoms with Gasteiger partial charge in [0.2, 0.25) is 0 Å². The molecule has 0 spiro atoms. The van der Waals surface area contributed by atoms with Gasteiger partial charge in [0, 0.05) is 6.07 Å². The molecular weight excluding hydrogens is 519 g/mol. The van der Waals surface area contributed by atoms with Crippen LogP contribution in [0.5, 0.6) is 5.75 Å². The predicted molar refractivity (Wildman–Crippen MR) is 82.9 cm³/mol. The number of nitro benzene ring substituents is 1. The second-order valence-corrected chi connectivity index (χ2v) is 7.28. The van der Waals surface area contributed by atoms with Gasteiger partial charge in [-0.05, 0) is 12.1 Å². The van der Waals surface area contributed by atoms with Crippen molar-refractivity contribution in [3.8, 4) is 5.75 Å². The minimum atomic E-state index is -6.83. The summed E-state index contributed by atoms with van der Waals surface area (Å²) in [7, 11) is -4.48. The number of hydrogen-bond donors (Lipinski definition) is 0. The van der Waals surface area contributed by atoms with Crippen molar-refractivity contribution in [2.75, 3.05) is 13.2 Å². The van der Waals surface area contributed by atoms with Crippen LogP contribution in [0, 0.1) is 10.1 Å². The molecule has 0 fully saturated rings. The highest BCUT2D eigenvalue weighted by molar-refractivity contribution is 7.86. The topological polar surface area (TPSA) is 95.7 Å². The van der Waals surface area contributed by atoms with Gasteiger partial charge in [-0.3, -0.25) is 10.1 Å². The van der Waals surface area contributed by atoms with Crippen LogP contribution in [0.1, 0.15) is 0 Å². The molecule has 0 amide bonds. The molecule has 0 aliphatic heterocycles. The molecular formula is C14H8F11NO6S. The van der Waals surface area contributed by atoms with E-state index in [1.165, 1.54) is 0 Å². The number of carbonyl (C=O) groups excluding carboxylic acids is 1. The van der Waals surface area contributed by atoms with Gasteiger partial charge >= 0.3 is 41.4 Å². The van der Waals surface area contributed by atoms with Gasteiger partial charge in [0.1, 0.15) is 10.8 Å². The molecule has 188 valence electrons. The lowest BCUT2D eigenvalue weighted by atomic mass is 10.3. The summed E-state index contributed by atoms with van der Waals surface area (Å²) in [5.74, 6) is -14.3. The minimum Gasteiger partial charge on any atom is -0.475 e. The van der Waals surface area contributed by atoms with Crippen LogP contribution in [0.4, 0.5) is 54.0 Å². The van der Waals surface area contributed by atoms with Gasteiger partial charge in [-0.15, -0.1) is 0 Å². The Morgan fingerprint density at radius 1 is 1.06 bits per heavy atom. The molecule has 1 rings (SSSR count). The van der Waals surface area contributed by atoms with E-state index in [1.807, 2.05) is 0 Å². The fourth-order valence-electron chi connectivity index (χ4n) is 1.72. The molecule has 1 aromatic carbocycles. The van der Waals surface area contributed by atoms with E-state index in [0.717, 1.165) is 0 Å². The Kier molecular flexibility index (Phi) is 8.26. The summed E-state index contributed by atoms with van der Waals surface area (Å²) >= 11 is 0. The third-order valence-electron chi connectivity index (χ3n) is 3.39. The first-order chi connectivity index (χ1) is 14.8. The van der Waals surface area contributed by atoms with Gasteiger partial charge in [-0.25, -0.2) is 17.8 Å². The number of rotatable bonds is 10. The second kappa shape index (κ2) is 9.64. The number of ether oxygens (including phenoxy) is 2. The first kappa shape index (κ1) is 28.3. The van der Waals surface area contributed by atoms with Crippen molar-refractivity contribution in [3.05, 3.63) is 28.3 Å². The molecule has 0 radical (unpaired) electrons. The highest BCUT2D eigenvalue weighted by Crippen LogP contribution is 2.49. The Morgan fingerprint density at radius 3 is 2.06 bits per heavy atom. The normalized spacial score (nSPS) is 14.2. The Balaban J connectivity index is 3.09. The van der Waals surface area contributed by atoms with Gasteiger partial charge in [-0.2, -0.15) is 39.5 Å². The minimum absolute atomic E-state index is 0.123. The van der Waals surface area contributed by atoms with Crippen molar-refractivity contribution in [2.45, 2.75) is 34.6 Å². The molecule has 33 heavy (non-hydrogen) atoms. The molecule has 1 atom stereocenters. The monoisotopic (exact) mass is 527 g/mol. The van der Waals surface area contributed by atoms with E-state index in [4.69, 9.17) is 0 Å². The van der Waals surface area contributed by atoms with Crippen LogP contribution < -0.4 is 4.74 Å². The Morgan fingerprint density at radius 2 is 1.61 bits per heavy atom. The van der Waals surface area contributed by atoms with Crippen LogP contribution in [0.25, 0.3) is 0 Å². The number of esters is 1. The molecule has 1 unspecified atom stereocenters. The highest BCUT2D eigenvalue weighted by atomic mass is 32.2. The van der Waals surface area contributed by atoms with E-state index in [1.54, 1.807) is 0 Å². The zero-order valence-electron chi connectivity index (χ0n) is 15.2. The molecule has 1 aromatic rings. The summed E-state index contributed by atoms with van der Waals surface area (Å²) in [5, 5.41) is 4.73. The van der Waals surface area contributed by atoms with E-state index < -0.39 is 80.9 Å². The van der Waals surface area contributed by atoms with E-state index in [-0.39, 0.29) is 18.2 Å². The van der Waals surface area contributed by atoms with Gasteiger partial charge in [0.15, 0.2) is 19.0 Å². The van der Waals surface area contributed by atoms with Crippen LogP contribution in [-0.2, 0) is 20.3 Å². The number of hydrogen-bond acceptors (Lipinski definition) is 6. The Bertz CT molecular complexity index is 921. The lowest BCUT2D eigenvalue weighted by Crippen LogP contribution is -2.54. The fourth-order valence-corrected chi connectivity index (χ4v) is 2.78. The third kappa shape index (κ3) is 6.20. The quantitative estimate of drug-likeness (QED) is 0.195. The van der Waals surface area contributed by atoms with Crippen molar-refractivity contribution in [2.24, 2.45) is 0 Å². The van der Waals surface area contributed by atoms with Crippen LogP contribution in [0.2, 0.25) is 0 Å². The van der Waals surface area contributed by atoms with E-state index in [2.05, 4.69) is 9.47 Å². The predicted octanol–water partition coefficient (Wildman–Crippen LogP) is 4.32. The number of nitrogens with zero attached hydrogens (tertiary/aromatic N) is 1. The third-order valence-corrected chi connectivity index (χ3v) is 4.79. The number of carbonyl (C=O) groups is 1. The zero-order valence-corrected chi connectivity index (χ0v) is 16.0. The molecule has 0 saturated carbocycles. The van der Waals surface area contributed by atoms with Crippen LogP contribution in [0.3, 0.4) is 0 Å². The average Bonchev–Trinajstić information content (AvgIpc) is 2.68. The molecule has 0 heterocycles. The Hall–Kier alpha value is -2.73. The maximum Gasteiger partial charge on any atom is 0.461 e. The van der Waals surface area contributed by atoms with Crippen molar-refractivity contribution in [1.82, 2.24) is 0 Å². The molecule has 7 nitrogen and oxygen atoms in total. The molecule has 0 aliphatic rings. The lowest BCUT2D eigenvalue weighted by molar-refractivity contribution is -0.386. The molecule has 0 N–H and O–H groups in total. The summed E-state index contributed by atoms with van der Waals surface area (Å²) in [4.78, 5) is 19.2. The first-order valence-corrected chi connectivity index (χ1v) is 8.87. The highest BCUT2D eigenvalue weighted by Gasteiger charge is 2.76. The standard InChI is InChI=1S/C14H8F11NO6S/c15-10(16)11(17,18)5-32-9(27)4-31-8-2-1-6(3-7(8)26(28)29)33(30)14(24,25)12(19,20)13(21,22)23/h1-3,10H,4-5H2. The maximum absolute atomic E-state index is 13.6. The zero-order chi connectivity index (χ0) is 26.0. The summed E-state index contributed by atoms with van der Waals surface area (Å²) in [5.41, 5.74) is -1.46. The molecule has 0 aliphatic carbocycles. The first-order valence-electron chi connectivity index (χ1n) is 7.72. The Labute approximate surface area is 177 Å². The number of alkyl halides is 11. The van der Waals surface area contributed by atoms with E-state index >= 15 is 0 Å². The van der Waals surface area contributed by atoms with Gasteiger partial charge in [0.05, 0.1) is 9.82 Å². The SMILES string of the molecule is O=C(COc1ccc(S(=O)C(F)(F)C(F)(F)C(F)(F)F)cc1[N+](=O)[O-])OCC(F)(F)C(F)F. The van der Waals surface area contributed by atoms with Crippen LogP contribution >= 0.6 is 0 Å². The van der Waals surface area contributed by atoms with Crippen molar-refractivity contribution in [3.63, 3.8) is 0 Å². The number of nitro groups is 1. The summed E-state index contributed by atoms with van der Waals surface area (Å²) in [6.45, 7) is -3.54. The van der Waals surface area contributed by atoms with Crippen molar-refractivity contribution < 1.29 is 71.7 Å². The van der Waals surface area contributed by atoms with Crippen LogP contribution in [0.15, 0.2) is 23.1 Å². The van der Waals surface area contributed by atoms with Crippen molar-refractivity contribution >= 4 is 22.5 Å². The fraction of sp³-hybridized carbons (Fsp3) is 0.500. The van der Waals surface area contributed by atoms with Gasteiger partial charge < -0.3 is 9.47 Å². The number of benzene rings is 1. The number of halogens is 11. The lowest BCUT2D eigenvalue weighted by Gasteiger charge is -2.27. The smallest absolute Gasteiger partial charge is 0.461 e. The summed E-state index contributed by atoms with van der Waals surface area (Å²) in [6.07, 6.45) is -11.0. The van der Waals surface area contributed by atoms with Crippen molar-refractivity contribution in [1.29, 1.82) is 0 Å². The molecule has 0 bridgehead atoms. The van der Waals surface area contributed by atoms with Gasteiger partial charge in [0.25, 0.3) is 0 Å². The van der Waals surface area contributed by atoms with E-state index in [0.29, 0.717) is 0 Å². The largest absolute Gasteiger partial charge is 0.475 e. The molecule has 19 heteroatoms. The van der Waals surface area contributed by atoms with Crippen LogP contribution in [-0.4, -0.2) is 58.0 Å². The summed E-state index contributed by atoms with van der Waals surface area (Å²) < 4.78 is 159. The maximum atomic E-state index is 13.6. The summed E-state index contributed by atoms with van der Waals surface area (Å²) in [6, 6.07) is 0.311. The second-order valence-electron chi connectivity index (χ2n) is 5.76. The van der Waals surface area contributed by atoms with E-state index in [9.17, 15) is 67.4 Å². The molecule has 0 saturated heterocycles. The van der Waals surface area contributed by atoms with Gasteiger partial charge in [-0.1, -0.05) is 0 Å². The average molecular weight is 527 g/mol. The molecule has 0 aromatic heterocycles.